The molecular weight excluding hydrogens is 281 g/mol. The normalized spacial score (nSPS) is 20.2. The summed E-state index contributed by atoms with van der Waals surface area (Å²) in [5.74, 6) is -0.446. The summed E-state index contributed by atoms with van der Waals surface area (Å²) in [5, 5.41) is 0.199. The van der Waals surface area contributed by atoms with Gasteiger partial charge in [0.25, 0.3) is 0 Å². The Morgan fingerprint density at radius 1 is 1.20 bits per heavy atom. The Labute approximate surface area is 124 Å². The van der Waals surface area contributed by atoms with Crippen molar-refractivity contribution in [1.82, 2.24) is 0 Å². The number of rotatable bonds is 3. The average molecular weight is 301 g/mol. The van der Waals surface area contributed by atoms with Crippen LogP contribution in [0.3, 0.4) is 0 Å². The molecule has 6 heteroatoms. The Morgan fingerprint density at radius 3 is 2.25 bits per heavy atom. The van der Waals surface area contributed by atoms with Crippen LogP contribution in [0.4, 0.5) is 4.39 Å². The molecule has 0 aliphatic carbocycles. The third-order valence-electron chi connectivity index (χ3n) is 3.87. The van der Waals surface area contributed by atoms with Gasteiger partial charge in [0.15, 0.2) is 11.6 Å². The van der Waals surface area contributed by atoms with Crippen LogP contribution >= 0.6 is 11.6 Å². The maximum absolute atomic E-state index is 13.7. The maximum Gasteiger partial charge on any atom is 0.496 e. The first-order chi connectivity index (χ1) is 9.19. The smallest absolute Gasteiger partial charge is 0.489 e. The molecule has 0 spiro atoms. The van der Waals surface area contributed by atoms with Crippen molar-refractivity contribution in [2.45, 2.75) is 45.8 Å². The van der Waals surface area contributed by atoms with E-state index >= 15 is 0 Å². The molecule has 0 atom stereocenters. The van der Waals surface area contributed by atoms with Gasteiger partial charge in [-0.1, -0.05) is 17.7 Å². The highest BCUT2D eigenvalue weighted by Crippen LogP contribution is 2.38. The lowest BCUT2D eigenvalue weighted by Crippen LogP contribution is -2.41. The molecule has 1 aromatic carbocycles. The zero-order valence-corrected chi connectivity index (χ0v) is 13.2. The van der Waals surface area contributed by atoms with Crippen molar-refractivity contribution in [1.29, 1.82) is 0 Å². The Balaban J connectivity index is 2.38. The predicted octanol–water partition coefficient (Wildman–Crippen LogP) is 3.18. The molecule has 1 saturated heterocycles. The summed E-state index contributed by atoms with van der Waals surface area (Å²) in [7, 11) is -0.632. The fourth-order valence-electron chi connectivity index (χ4n) is 1.98. The van der Waals surface area contributed by atoms with Gasteiger partial charge in [-0.25, -0.2) is 4.39 Å². The molecule has 0 bridgehead atoms. The summed E-state index contributed by atoms with van der Waals surface area (Å²) in [6.07, 6.45) is 0. The van der Waals surface area contributed by atoms with Crippen LogP contribution in [-0.4, -0.2) is 24.9 Å². The van der Waals surface area contributed by atoms with Gasteiger partial charge in [0.2, 0.25) is 0 Å². The van der Waals surface area contributed by atoms with E-state index in [0.717, 1.165) is 0 Å². The highest BCUT2D eigenvalue weighted by atomic mass is 35.5. The Bertz CT molecular complexity index is 503. The van der Waals surface area contributed by atoms with Gasteiger partial charge in [-0.05, 0) is 40.7 Å². The van der Waals surface area contributed by atoms with E-state index < -0.39 is 24.1 Å². The van der Waals surface area contributed by atoms with Crippen molar-refractivity contribution >= 4 is 24.2 Å². The predicted molar refractivity (Wildman–Crippen MR) is 78.3 cm³/mol. The van der Waals surface area contributed by atoms with Crippen molar-refractivity contribution in [3.05, 3.63) is 23.0 Å². The highest BCUT2D eigenvalue weighted by molar-refractivity contribution is 6.66. The fourth-order valence-corrected chi connectivity index (χ4v) is 2.27. The lowest BCUT2D eigenvalue weighted by molar-refractivity contribution is 0.00578. The van der Waals surface area contributed by atoms with Crippen molar-refractivity contribution < 1.29 is 18.4 Å². The summed E-state index contributed by atoms with van der Waals surface area (Å²) in [5.41, 5.74) is -0.363. The monoisotopic (exact) mass is 300 g/mol. The van der Waals surface area contributed by atoms with E-state index in [-0.39, 0.29) is 10.8 Å². The minimum absolute atomic E-state index is 0.0429. The van der Waals surface area contributed by atoms with Gasteiger partial charge in [-0.2, -0.15) is 0 Å². The molecule has 1 aliphatic heterocycles. The first-order valence-electron chi connectivity index (χ1n) is 6.66. The summed E-state index contributed by atoms with van der Waals surface area (Å²) in [6, 6.07) is 2.89. The molecule has 1 aromatic rings. The lowest BCUT2D eigenvalue weighted by atomic mass is 9.79. The molecule has 0 saturated carbocycles. The molecular formula is C14H19BClFO3. The second kappa shape index (κ2) is 5.21. The number of hydrogen-bond acceptors (Lipinski definition) is 3. The quantitative estimate of drug-likeness (QED) is 0.803. The van der Waals surface area contributed by atoms with Crippen LogP contribution < -0.4 is 10.2 Å². The second-order valence-corrected chi connectivity index (χ2v) is 6.18. The molecule has 0 radical (unpaired) electrons. The molecule has 0 unspecified atom stereocenters. The summed E-state index contributed by atoms with van der Waals surface area (Å²) >= 11 is 6.23. The van der Waals surface area contributed by atoms with Gasteiger partial charge in [0, 0.05) is 5.46 Å². The van der Waals surface area contributed by atoms with Crippen molar-refractivity contribution in [3.63, 3.8) is 0 Å². The van der Waals surface area contributed by atoms with Crippen LogP contribution in [0.15, 0.2) is 12.1 Å². The van der Waals surface area contributed by atoms with E-state index in [1.807, 2.05) is 27.7 Å². The lowest BCUT2D eigenvalue weighted by Gasteiger charge is -2.32. The summed E-state index contributed by atoms with van der Waals surface area (Å²) < 4.78 is 30.8. The second-order valence-electron chi connectivity index (χ2n) is 5.80. The maximum atomic E-state index is 13.7. The first-order valence-corrected chi connectivity index (χ1v) is 7.03. The summed E-state index contributed by atoms with van der Waals surface area (Å²) in [4.78, 5) is 0. The molecule has 20 heavy (non-hydrogen) atoms. The summed E-state index contributed by atoms with van der Waals surface area (Å²) in [6.45, 7) is 9.92. The highest BCUT2D eigenvalue weighted by Gasteiger charge is 2.52. The Hall–Kier alpha value is -0.775. The zero-order valence-electron chi connectivity index (χ0n) is 12.4. The molecule has 110 valence electrons. The van der Waals surface area contributed by atoms with E-state index in [0.29, 0.717) is 12.1 Å². The van der Waals surface area contributed by atoms with Crippen LogP contribution in [0.2, 0.25) is 5.02 Å². The van der Waals surface area contributed by atoms with Gasteiger partial charge in [-0.15, -0.1) is 0 Å². The van der Waals surface area contributed by atoms with E-state index in [9.17, 15) is 4.39 Å². The molecule has 1 fully saturated rings. The van der Waals surface area contributed by atoms with E-state index in [2.05, 4.69) is 0 Å². The first kappa shape index (κ1) is 15.6. The van der Waals surface area contributed by atoms with Gasteiger partial charge < -0.3 is 14.0 Å². The minimum Gasteiger partial charge on any atom is -0.489 e. The van der Waals surface area contributed by atoms with E-state index in [4.69, 9.17) is 25.6 Å². The van der Waals surface area contributed by atoms with Gasteiger partial charge in [0.1, 0.15) is 0 Å². The molecule has 1 heterocycles. The van der Waals surface area contributed by atoms with E-state index in [1.165, 1.54) is 6.07 Å². The number of ether oxygens (including phenoxy) is 1. The molecule has 0 N–H and O–H groups in total. The van der Waals surface area contributed by atoms with Crippen molar-refractivity contribution in [2.75, 3.05) is 6.61 Å². The average Bonchev–Trinajstić information content (AvgIpc) is 2.53. The standard InChI is InChI=1S/C14H19BClFO3/c1-6-18-12-10(17)8-7-9(11(12)16)15-19-13(2,3)14(4,5)20-15/h7-8H,6H2,1-5H3. The molecule has 2 rings (SSSR count). The van der Waals surface area contributed by atoms with Crippen LogP contribution in [0.5, 0.6) is 5.75 Å². The number of halogens is 2. The molecule has 0 aromatic heterocycles. The topological polar surface area (TPSA) is 27.7 Å². The van der Waals surface area contributed by atoms with Gasteiger partial charge >= 0.3 is 7.12 Å². The molecule has 1 aliphatic rings. The third kappa shape index (κ3) is 2.54. The molecule has 3 nitrogen and oxygen atoms in total. The SMILES string of the molecule is CCOc1c(F)ccc(B2OC(C)(C)C(C)(C)O2)c1Cl. The third-order valence-corrected chi connectivity index (χ3v) is 4.26. The van der Waals surface area contributed by atoms with Crippen LogP contribution in [0.1, 0.15) is 34.6 Å². The molecule has 0 amide bonds. The fraction of sp³-hybridized carbons (Fsp3) is 0.571. The van der Waals surface area contributed by atoms with Crippen LogP contribution in [0, 0.1) is 5.82 Å². The number of hydrogen-bond donors (Lipinski definition) is 0. The van der Waals surface area contributed by atoms with Gasteiger partial charge in [-0.3, -0.25) is 0 Å². The Kier molecular flexibility index (Phi) is 4.06. The van der Waals surface area contributed by atoms with Crippen LogP contribution in [-0.2, 0) is 9.31 Å². The zero-order chi connectivity index (χ0) is 15.1. The van der Waals surface area contributed by atoms with Gasteiger partial charge in [0.05, 0.1) is 22.8 Å². The van der Waals surface area contributed by atoms with Crippen LogP contribution in [0.25, 0.3) is 0 Å². The largest absolute Gasteiger partial charge is 0.496 e. The number of benzene rings is 1. The van der Waals surface area contributed by atoms with E-state index in [1.54, 1.807) is 13.0 Å². The van der Waals surface area contributed by atoms with Crippen molar-refractivity contribution in [2.24, 2.45) is 0 Å². The van der Waals surface area contributed by atoms with Crippen molar-refractivity contribution in [3.8, 4) is 5.75 Å². The minimum atomic E-state index is -0.632. The Morgan fingerprint density at radius 2 is 1.75 bits per heavy atom.